The average Bonchev–Trinajstić information content (AvgIpc) is 1.78. The first-order chi connectivity index (χ1) is 4.10. The smallest absolute Gasteiger partial charge is 0.431 e. The summed E-state index contributed by atoms with van der Waals surface area (Å²) in [6.07, 6.45) is -0.716. The molecule has 0 aliphatic carbocycles. The average molecular weight is 171 g/mol. The Kier molecular flexibility index (Phi) is 1.73. The molecule has 1 fully saturated rings. The van der Waals surface area contributed by atoms with Gasteiger partial charge < -0.3 is 9.47 Å². The molecule has 0 N–H and O–H groups in total. The van der Waals surface area contributed by atoms with Gasteiger partial charge in [-0.05, 0) is 0 Å². The maximum Gasteiger partial charge on any atom is 0.508 e. The highest BCUT2D eigenvalue weighted by atomic mass is 35.5. The van der Waals surface area contributed by atoms with Gasteiger partial charge in [-0.15, -0.1) is 0 Å². The third-order valence-corrected chi connectivity index (χ3v) is 1.24. The fourth-order valence-corrected chi connectivity index (χ4v) is 0.631. The molecule has 0 spiro atoms. The summed E-state index contributed by atoms with van der Waals surface area (Å²) in [6, 6.07) is 0. The topological polar surface area (TPSA) is 35.5 Å². The van der Waals surface area contributed by atoms with E-state index in [0.29, 0.717) is 0 Å². The normalized spacial score (nSPS) is 24.4. The van der Waals surface area contributed by atoms with Crippen LogP contribution in [0.4, 0.5) is 4.79 Å². The lowest BCUT2D eigenvalue weighted by molar-refractivity contribution is 0.0140. The zero-order chi connectivity index (χ0) is 6.91. The third-order valence-electron chi connectivity index (χ3n) is 0.802. The van der Waals surface area contributed by atoms with Gasteiger partial charge in [0.2, 0.25) is 0 Å². The van der Waals surface area contributed by atoms with Gasteiger partial charge in [0.1, 0.15) is 13.2 Å². The maximum atomic E-state index is 10.2. The van der Waals surface area contributed by atoms with Crippen LogP contribution in [0.2, 0.25) is 0 Å². The van der Waals surface area contributed by atoms with Crippen LogP contribution < -0.4 is 0 Å². The van der Waals surface area contributed by atoms with E-state index in [1.165, 1.54) is 0 Å². The van der Waals surface area contributed by atoms with E-state index >= 15 is 0 Å². The van der Waals surface area contributed by atoms with Crippen molar-refractivity contribution in [3.05, 3.63) is 0 Å². The molecule has 0 aromatic rings. The molecule has 0 saturated carbocycles. The molecular formula is C4H4Cl2O3. The summed E-state index contributed by atoms with van der Waals surface area (Å²) >= 11 is 11.0. The molecule has 9 heavy (non-hydrogen) atoms. The van der Waals surface area contributed by atoms with Crippen molar-refractivity contribution in [3.63, 3.8) is 0 Å². The standard InChI is InChI=1S/C4H4Cl2O3/c5-4(6)1-8-3(7)9-2-4/h1-2H2. The van der Waals surface area contributed by atoms with Gasteiger partial charge in [0.25, 0.3) is 0 Å². The SMILES string of the molecule is O=C1OCC(Cl)(Cl)CO1. The zero-order valence-corrected chi connectivity index (χ0v) is 5.91. The van der Waals surface area contributed by atoms with E-state index in [4.69, 9.17) is 23.2 Å². The maximum absolute atomic E-state index is 10.2. The molecule has 0 aromatic heterocycles. The van der Waals surface area contributed by atoms with Crippen molar-refractivity contribution in [1.82, 2.24) is 0 Å². The number of hydrogen-bond donors (Lipinski definition) is 0. The molecule has 1 saturated heterocycles. The third kappa shape index (κ3) is 1.91. The summed E-state index contributed by atoms with van der Waals surface area (Å²) in [5.74, 6) is 0. The molecule has 0 atom stereocenters. The van der Waals surface area contributed by atoms with Gasteiger partial charge in [-0.3, -0.25) is 0 Å². The second kappa shape index (κ2) is 2.23. The second-order valence-electron chi connectivity index (χ2n) is 1.68. The highest BCUT2D eigenvalue weighted by Gasteiger charge is 2.33. The summed E-state index contributed by atoms with van der Waals surface area (Å²) in [5, 5.41) is 0. The zero-order valence-electron chi connectivity index (χ0n) is 4.39. The summed E-state index contributed by atoms with van der Waals surface area (Å²) in [4.78, 5) is 10.2. The Labute approximate surface area is 61.8 Å². The van der Waals surface area contributed by atoms with Crippen LogP contribution in [0.5, 0.6) is 0 Å². The lowest BCUT2D eigenvalue weighted by Crippen LogP contribution is -2.35. The Morgan fingerprint density at radius 2 is 1.78 bits per heavy atom. The van der Waals surface area contributed by atoms with Crippen molar-refractivity contribution in [2.75, 3.05) is 13.2 Å². The Morgan fingerprint density at radius 1 is 1.33 bits per heavy atom. The highest BCUT2D eigenvalue weighted by Crippen LogP contribution is 2.24. The van der Waals surface area contributed by atoms with Crippen molar-refractivity contribution >= 4 is 29.4 Å². The predicted molar refractivity (Wildman–Crippen MR) is 31.7 cm³/mol. The summed E-state index contributed by atoms with van der Waals surface area (Å²) in [7, 11) is 0. The second-order valence-corrected chi connectivity index (χ2v) is 3.32. The van der Waals surface area contributed by atoms with Crippen LogP contribution in [-0.4, -0.2) is 23.7 Å². The van der Waals surface area contributed by atoms with E-state index in [9.17, 15) is 4.79 Å². The Hall–Kier alpha value is -0.150. The Balaban J connectivity index is 2.44. The van der Waals surface area contributed by atoms with Crippen LogP contribution in [0, 0.1) is 0 Å². The molecule has 0 bridgehead atoms. The molecule has 0 amide bonds. The predicted octanol–water partition coefficient (Wildman–Crippen LogP) is 1.33. The van der Waals surface area contributed by atoms with Gasteiger partial charge in [0, 0.05) is 0 Å². The summed E-state index contributed by atoms with van der Waals surface area (Å²) in [6.45, 7) is -0.0100. The lowest BCUT2D eigenvalue weighted by atomic mass is 10.4. The largest absolute Gasteiger partial charge is 0.508 e. The van der Waals surface area contributed by atoms with Gasteiger partial charge >= 0.3 is 6.16 Å². The quantitative estimate of drug-likeness (QED) is 0.407. The molecule has 3 nitrogen and oxygen atoms in total. The molecule has 1 aliphatic heterocycles. The van der Waals surface area contributed by atoms with E-state index in [1.807, 2.05) is 0 Å². The molecule has 1 heterocycles. The van der Waals surface area contributed by atoms with Crippen molar-refractivity contribution < 1.29 is 14.3 Å². The minimum absolute atomic E-state index is 0.00502. The first kappa shape index (κ1) is 6.96. The molecule has 0 radical (unpaired) electrons. The van der Waals surface area contributed by atoms with Gasteiger partial charge in [0.05, 0.1) is 0 Å². The first-order valence-electron chi connectivity index (χ1n) is 2.27. The van der Waals surface area contributed by atoms with Crippen LogP contribution in [0.15, 0.2) is 0 Å². The summed E-state index contributed by atoms with van der Waals surface area (Å²) in [5.41, 5.74) is 0. The van der Waals surface area contributed by atoms with E-state index in [0.717, 1.165) is 0 Å². The Morgan fingerprint density at radius 3 is 2.11 bits per heavy atom. The van der Waals surface area contributed by atoms with Gasteiger partial charge in [0.15, 0.2) is 4.33 Å². The van der Waals surface area contributed by atoms with Gasteiger partial charge in [-0.2, -0.15) is 0 Å². The fourth-order valence-electron chi connectivity index (χ4n) is 0.412. The van der Waals surface area contributed by atoms with Crippen LogP contribution >= 0.6 is 23.2 Å². The number of carbonyl (C=O) groups is 1. The molecular weight excluding hydrogens is 167 g/mol. The van der Waals surface area contributed by atoms with E-state index < -0.39 is 10.5 Å². The van der Waals surface area contributed by atoms with Crippen LogP contribution in [0.3, 0.4) is 0 Å². The van der Waals surface area contributed by atoms with E-state index in [-0.39, 0.29) is 13.2 Å². The molecule has 1 aliphatic rings. The van der Waals surface area contributed by atoms with Crippen molar-refractivity contribution in [2.45, 2.75) is 4.33 Å². The number of halogens is 2. The van der Waals surface area contributed by atoms with Crippen LogP contribution in [-0.2, 0) is 9.47 Å². The van der Waals surface area contributed by atoms with Gasteiger partial charge in [-0.1, -0.05) is 23.2 Å². The van der Waals surface area contributed by atoms with Gasteiger partial charge in [-0.25, -0.2) is 4.79 Å². The molecule has 5 heteroatoms. The Bertz CT molecular complexity index is 122. The number of carbonyl (C=O) groups excluding carboxylic acids is 1. The summed E-state index contributed by atoms with van der Waals surface area (Å²) < 4.78 is 7.67. The molecule has 0 unspecified atom stereocenters. The molecule has 1 rings (SSSR count). The van der Waals surface area contributed by atoms with Crippen molar-refractivity contribution in [3.8, 4) is 0 Å². The van der Waals surface area contributed by atoms with E-state index in [1.54, 1.807) is 0 Å². The number of ether oxygens (including phenoxy) is 2. The van der Waals surface area contributed by atoms with Crippen molar-refractivity contribution in [1.29, 1.82) is 0 Å². The number of cyclic esters (lactones) is 2. The van der Waals surface area contributed by atoms with Crippen molar-refractivity contribution in [2.24, 2.45) is 0 Å². The monoisotopic (exact) mass is 170 g/mol. The molecule has 0 aromatic carbocycles. The van der Waals surface area contributed by atoms with E-state index in [2.05, 4.69) is 9.47 Å². The lowest BCUT2D eigenvalue weighted by Gasteiger charge is -2.23. The molecule has 52 valence electrons. The minimum Gasteiger partial charge on any atom is -0.431 e. The minimum atomic E-state index is -1.06. The highest BCUT2D eigenvalue weighted by molar-refractivity contribution is 6.48. The van der Waals surface area contributed by atoms with Crippen LogP contribution in [0.25, 0.3) is 0 Å². The first-order valence-corrected chi connectivity index (χ1v) is 3.03. The fraction of sp³-hybridized carbons (Fsp3) is 0.750. The number of hydrogen-bond acceptors (Lipinski definition) is 3. The number of rotatable bonds is 0. The van der Waals surface area contributed by atoms with Crippen LogP contribution in [0.1, 0.15) is 0 Å². The number of alkyl halides is 2.